The van der Waals surface area contributed by atoms with Gasteiger partial charge in [0.2, 0.25) is 0 Å². The second-order valence-corrected chi connectivity index (χ2v) is 11.4. The fraction of sp³-hybridized carbons (Fsp3) is 0.364. The van der Waals surface area contributed by atoms with Crippen molar-refractivity contribution < 1.29 is 28.6 Å². The third-order valence-corrected chi connectivity index (χ3v) is 6.71. The lowest BCUT2D eigenvalue weighted by molar-refractivity contribution is -0.157. The number of hydrogen-bond donors (Lipinski definition) is 1. The van der Waals surface area contributed by atoms with Crippen LogP contribution in [-0.2, 0) is 19.1 Å². The summed E-state index contributed by atoms with van der Waals surface area (Å²) in [7, 11) is 0. The molecule has 7 nitrogen and oxygen atoms in total. The molecule has 0 fully saturated rings. The van der Waals surface area contributed by atoms with Crippen LogP contribution in [0.1, 0.15) is 75.1 Å². The Morgan fingerprint density at radius 2 is 1.50 bits per heavy atom. The third-order valence-electron chi connectivity index (χ3n) is 6.71. The van der Waals surface area contributed by atoms with E-state index in [0.717, 1.165) is 33.4 Å². The lowest BCUT2D eigenvalue weighted by Crippen LogP contribution is -2.45. The Balaban J connectivity index is 1.50. The van der Waals surface area contributed by atoms with Crippen LogP contribution in [0.4, 0.5) is 4.79 Å². The fourth-order valence-corrected chi connectivity index (χ4v) is 4.91. The second kappa shape index (κ2) is 11.9. The number of carbonyl (C=O) groups is 3. The molecule has 0 radical (unpaired) electrons. The Labute approximate surface area is 235 Å². The number of carbonyl (C=O) groups excluding carboxylic acids is 3. The van der Waals surface area contributed by atoms with Crippen LogP contribution in [0, 0.1) is 6.92 Å². The minimum absolute atomic E-state index is 0.0729. The Kier molecular flexibility index (Phi) is 8.62. The van der Waals surface area contributed by atoms with Crippen molar-refractivity contribution in [2.75, 3.05) is 6.61 Å². The zero-order valence-corrected chi connectivity index (χ0v) is 23.9. The van der Waals surface area contributed by atoms with Crippen molar-refractivity contribution in [3.63, 3.8) is 0 Å². The van der Waals surface area contributed by atoms with E-state index in [1.54, 1.807) is 26.8 Å². The molecule has 0 saturated carbocycles. The molecule has 0 aliphatic heterocycles. The molecule has 1 atom stereocenters. The van der Waals surface area contributed by atoms with Crippen LogP contribution in [0.5, 0.6) is 5.75 Å². The van der Waals surface area contributed by atoms with E-state index in [1.165, 1.54) is 0 Å². The lowest BCUT2D eigenvalue weighted by Gasteiger charge is -2.23. The molecule has 1 aliphatic rings. The summed E-state index contributed by atoms with van der Waals surface area (Å²) in [5.74, 6) is -1.06. The molecule has 0 spiro atoms. The van der Waals surface area contributed by atoms with Gasteiger partial charge in [0.05, 0.1) is 6.42 Å². The van der Waals surface area contributed by atoms with Gasteiger partial charge in [0, 0.05) is 5.92 Å². The van der Waals surface area contributed by atoms with Crippen LogP contribution in [0.15, 0.2) is 66.7 Å². The normalized spacial score (nSPS) is 13.3. The Morgan fingerprint density at radius 3 is 2.08 bits per heavy atom. The van der Waals surface area contributed by atoms with E-state index in [2.05, 4.69) is 17.4 Å². The van der Waals surface area contributed by atoms with Gasteiger partial charge in [-0.2, -0.15) is 0 Å². The first kappa shape index (κ1) is 28.9. The average Bonchev–Trinajstić information content (AvgIpc) is 3.19. The molecule has 0 heterocycles. The summed E-state index contributed by atoms with van der Waals surface area (Å²) in [4.78, 5) is 39.0. The van der Waals surface area contributed by atoms with Crippen molar-refractivity contribution >= 4 is 18.0 Å². The van der Waals surface area contributed by atoms with Crippen LogP contribution in [0.3, 0.4) is 0 Å². The summed E-state index contributed by atoms with van der Waals surface area (Å²) in [5, 5.41) is 2.55. The molecule has 1 amide bonds. The van der Waals surface area contributed by atoms with Gasteiger partial charge >= 0.3 is 18.0 Å². The number of fused-ring (bicyclic) bond motifs is 3. The highest BCUT2D eigenvalue weighted by Gasteiger charge is 2.32. The maximum atomic E-state index is 13.3. The van der Waals surface area contributed by atoms with E-state index in [9.17, 15) is 14.4 Å². The van der Waals surface area contributed by atoms with Crippen molar-refractivity contribution in [1.82, 2.24) is 5.32 Å². The van der Waals surface area contributed by atoms with E-state index >= 15 is 0 Å². The Bertz CT molecular complexity index is 1360. The SMILES string of the molecule is Cc1ccc(C(C)C)c(OC(=O)[C@H](CC(=O)OC(C)(C)C)NC(=O)OCC2c3ccccc3-c3ccccc32)c1. The molecule has 4 rings (SSSR count). The molecule has 0 aromatic heterocycles. The summed E-state index contributed by atoms with van der Waals surface area (Å²) in [6.07, 6.45) is -1.22. The number of aryl methyl sites for hydroxylation is 1. The molecule has 0 saturated heterocycles. The first-order valence-corrected chi connectivity index (χ1v) is 13.6. The van der Waals surface area contributed by atoms with Gasteiger partial charge in [-0.15, -0.1) is 0 Å². The molecular weight excluding hydrogens is 506 g/mol. The van der Waals surface area contributed by atoms with Crippen LogP contribution in [0.2, 0.25) is 0 Å². The number of esters is 2. The van der Waals surface area contributed by atoms with Gasteiger partial charge in [-0.05, 0) is 73.1 Å². The van der Waals surface area contributed by atoms with E-state index in [1.807, 2.05) is 69.3 Å². The van der Waals surface area contributed by atoms with Crippen LogP contribution in [-0.4, -0.2) is 36.3 Å². The van der Waals surface area contributed by atoms with Crippen LogP contribution < -0.4 is 10.1 Å². The molecule has 1 N–H and O–H groups in total. The molecule has 1 aliphatic carbocycles. The number of rotatable bonds is 8. The fourth-order valence-electron chi connectivity index (χ4n) is 4.91. The lowest BCUT2D eigenvalue weighted by atomic mass is 9.98. The third kappa shape index (κ3) is 6.89. The van der Waals surface area contributed by atoms with Crippen molar-refractivity contribution in [2.24, 2.45) is 0 Å². The summed E-state index contributed by atoms with van der Waals surface area (Å²) in [6.45, 7) is 11.2. The van der Waals surface area contributed by atoms with Gasteiger partial charge in [0.15, 0.2) is 0 Å². The van der Waals surface area contributed by atoms with E-state index in [-0.39, 0.29) is 18.4 Å². The zero-order valence-electron chi connectivity index (χ0n) is 23.9. The predicted octanol–water partition coefficient (Wildman–Crippen LogP) is 6.66. The summed E-state index contributed by atoms with van der Waals surface area (Å²) in [6, 6.07) is 20.4. The number of alkyl carbamates (subject to hydrolysis) is 1. The van der Waals surface area contributed by atoms with Gasteiger partial charge in [0.25, 0.3) is 0 Å². The zero-order chi connectivity index (χ0) is 29.0. The van der Waals surface area contributed by atoms with Crippen molar-refractivity contribution in [2.45, 2.75) is 71.4 Å². The van der Waals surface area contributed by atoms with Crippen LogP contribution in [0.25, 0.3) is 11.1 Å². The largest absolute Gasteiger partial charge is 0.460 e. The van der Waals surface area contributed by atoms with E-state index in [4.69, 9.17) is 14.2 Å². The van der Waals surface area contributed by atoms with Gasteiger partial charge < -0.3 is 19.5 Å². The maximum absolute atomic E-state index is 13.3. The first-order valence-electron chi connectivity index (χ1n) is 13.6. The van der Waals surface area contributed by atoms with E-state index < -0.39 is 36.1 Å². The Morgan fingerprint density at radius 1 is 0.900 bits per heavy atom. The quantitative estimate of drug-likeness (QED) is 0.252. The molecule has 3 aromatic rings. The maximum Gasteiger partial charge on any atom is 0.407 e. The highest BCUT2D eigenvalue weighted by molar-refractivity contribution is 5.88. The summed E-state index contributed by atoms with van der Waals surface area (Å²) >= 11 is 0. The molecule has 40 heavy (non-hydrogen) atoms. The highest BCUT2D eigenvalue weighted by Crippen LogP contribution is 2.44. The minimum atomic E-state index is -1.30. The van der Waals surface area contributed by atoms with Gasteiger partial charge in [-0.1, -0.05) is 74.5 Å². The number of nitrogens with one attached hydrogen (secondary N) is 1. The van der Waals surface area contributed by atoms with Gasteiger partial charge in [-0.25, -0.2) is 9.59 Å². The average molecular weight is 544 g/mol. The number of hydrogen-bond acceptors (Lipinski definition) is 6. The van der Waals surface area contributed by atoms with Crippen molar-refractivity contribution in [3.05, 3.63) is 89.0 Å². The van der Waals surface area contributed by atoms with Crippen LogP contribution >= 0.6 is 0 Å². The molecular formula is C33H37NO6. The van der Waals surface area contributed by atoms with Gasteiger partial charge in [0.1, 0.15) is 24.0 Å². The Hall–Kier alpha value is -4.13. The molecule has 3 aromatic carbocycles. The van der Waals surface area contributed by atoms with E-state index in [0.29, 0.717) is 5.75 Å². The summed E-state index contributed by atoms with van der Waals surface area (Å²) in [5.41, 5.74) is 5.37. The number of amides is 1. The van der Waals surface area contributed by atoms with Gasteiger partial charge in [-0.3, -0.25) is 4.79 Å². The first-order chi connectivity index (χ1) is 18.9. The number of benzene rings is 3. The van der Waals surface area contributed by atoms with Crippen molar-refractivity contribution in [3.8, 4) is 16.9 Å². The minimum Gasteiger partial charge on any atom is -0.460 e. The predicted molar refractivity (Wildman–Crippen MR) is 153 cm³/mol. The number of ether oxygens (including phenoxy) is 3. The second-order valence-electron chi connectivity index (χ2n) is 11.4. The molecule has 0 bridgehead atoms. The highest BCUT2D eigenvalue weighted by atomic mass is 16.6. The molecule has 0 unspecified atom stereocenters. The standard InChI is InChI=1S/C33H37NO6/c1-20(2)22-16-15-21(3)17-29(22)39-31(36)28(18-30(35)40-33(4,5)6)34-32(37)38-19-27-25-13-9-7-11-23(25)24-12-8-10-14-26(24)27/h7-17,20,27-28H,18-19H2,1-6H3,(H,34,37)/t28-/m0/s1. The monoisotopic (exact) mass is 543 g/mol. The van der Waals surface area contributed by atoms with Crippen molar-refractivity contribution in [1.29, 1.82) is 0 Å². The smallest absolute Gasteiger partial charge is 0.407 e. The summed E-state index contributed by atoms with van der Waals surface area (Å²) < 4.78 is 16.8. The molecule has 7 heteroatoms. The molecule has 210 valence electrons. The topological polar surface area (TPSA) is 90.9 Å².